The Balaban J connectivity index is 1.81. The molecule has 2 heterocycles. The first kappa shape index (κ1) is 14.9. The Bertz CT molecular complexity index is 493. The molecule has 2 unspecified atom stereocenters. The molecule has 1 aliphatic heterocycles. The summed E-state index contributed by atoms with van der Waals surface area (Å²) in [5.74, 6) is 6.30. The van der Waals surface area contributed by atoms with Gasteiger partial charge in [-0.15, -0.1) is 0 Å². The van der Waals surface area contributed by atoms with Crippen molar-refractivity contribution >= 4 is 31.9 Å². The van der Waals surface area contributed by atoms with Crippen LogP contribution in [0.1, 0.15) is 43.8 Å². The predicted octanol–water partition coefficient (Wildman–Crippen LogP) is 3.46. The van der Waals surface area contributed by atoms with E-state index >= 15 is 0 Å². The molecule has 0 amide bonds. The number of aromatic nitrogens is 1. The van der Waals surface area contributed by atoms with E-state index < -0.39 is 0 Å². The number of hydrogen-bond donors (Lipinski definition) is 2. The number of pyridine rings is 1. The first-order valence-electron chi connectivity index (χ1n) is 7.05. The molecule has 1 aromatic rings. The van der Waals surface area contributed by atoms with E-state index in [1.807, 2.05) is 12.3 Å². The molecule has 2 atom stereocenters. The number of nitrogens with two attached hydrogens (primary N) is 1. The van der Waals surface area contributed by atoms with Crippen LogP contribution in [0.3, 0.4) is 0 Å². The van der Waals surface area contributed by atoms with Gasteiger partial charge in [-0.05, 0) is 75.9 Å². The minimum absolute atomic E-state index is 0.0684. The molecular formula is C14H19Br2N3O. The first-order valence-corrected chi connectivity index (χ1v) is 8.63. The molecule has 1 saturated heterocycles. The summed E-state index contributed by atoms with van der Waals surface area (Å²) in [6, 6.07) is 2.09. The van der Waals surface area contributed by atoms with Crippen molar-refractivity contribution in [3.05, 3.63) is 26.9 Å². The van der Waals surface area contributed by atoms with E-state index in [1.54, 1.807) is 0 Å². The van der Waals surface area contributed by atoms with Gasteiger partial charge in [-0.1, -0.05) is 0 Å². The number of hydrogen-bond acceptors (Lipinski definition) is 4. The summed E-state index contributed by atoms with van der Waals surface area (Å²) in [6.07, 6.45) is 7.59. The highest BCUT2D eigenvalue weighted by Gasteiger charge is 2.44. The van der Waals surface area contributed by atoms with Crippen molar-refractivity contribution in [2.75, 3.05) is 6.61 Å². The minimum Gasteiger partial charge on any atom is -0.375 e. The van der Waals surface area contributed by atoms with Gasteiger partial charge in [0.1, 0.15) is 0 Å². The van der Waals surface area contributed by atoms with Gasteiger partial charge in [0.15, 0.2) is 0 Å². The van der Waals surface area contributed by atoms with Gasteiger partial charge < -0.3 is 4.74 Å². The Morgan fingerprint density at radius 1 is 1.45 bits per heavy atom. The van der Waals surface area contributed by atoms with E-state index in [9.17, 15) is 0 Å². The average Bonchev–Trinajstić information content (AvgIpc) is 2.40. The van der Waals surface area contributed by atoms with E-state index in [2.05, 4.69) is 42.3 Å². The zero-order valence-electron chi connectivity index (χ0n) is 11.2. The number of nitrogens with zero attached hydrogens (tertiary/aromatic N) is 1. The van der Waals surface area contributed by atoms with Crippen molar-refractivity contribution in [1.82, 2.24) is 10.4 Å². The number of halogens is 2. The van der Waals surface area contributed by atoms with E-state index in [0.717, 1.165) is 34.1 Å². The van der Waals surface area contributed by atoms with Crippen LogP contribution >= 0.6 is 31.9 Å². The highest BCUT2D eigenvalue weighted by molar-refractivity contribution is 9.11. The van der Waals surface area contributed by atoms with Gasteiger partial charge in [-0.2, -0.15) is 0 Å². The number of hydrazine groups is 1. The van der Waals surface area contributed by atoms with Crippen molar-refractivity contribution in [3.8, 4) is 0 Å². The maximum Gasteiger partial charge on any atom is 0.0732 e. The van der Waals surface area contributed by atoms with Crippen molar-refractivity contribution in [3.63, 3.8) is 0 Å². The van der Waals surface area contributed by atoms with Crippen LogP contribution in [-0.4, -0.2) is 17.2 Å². The summed E-state index contributed by atoms with van der Waals surface area (Å²) in [5.41, 5.74) is 4.08. The van der Waals surface area contributed by atoms with Crippen molar-refractivity contribution in [2.24, 2.45) is 11.8 Å². The van der Waals surface area contributed by atoms with Gasteiger partial charge in [0.25, 0.3) is 0 Å². The van der Waals surface area contributed by atoms with E-state index in [0.29, 0.717) is 5.92 Å². The van der Waals surface area contributed by atoms with Crippen LogP contribution in [0.25, 0.3) is 0 Å². The lowest BCUT2D eigenvalue weighted by Crippen LogP contribution is -2.48. The van der Waals surface area contributed by atoms with Crippen LogP contribution in [0, 0.1) is 5.92 Å². The van der Waals surface area contributed by atoms with E-state index in [1.165, 1.54) is 19.3 Å². The molecule has 1 saturated carbocycles. The fourth-order valence-corrected chi connectivity index (χ4v) is 4.60. The number of rotatable bonds is 3. The molecule has 2 aliphatic rings. The van der Waals surface area contributed by atoms with Crippen LogP contribution in [0.5, 0.6) is 0 Å². The summed E-state index contributed by atoms with van der Waals surface area (Å²) < 4.78 is 7.96. The maximum atomic E-state index is 6.00. The molecule has 20 heavy (non-hydrogen) atoms. The van der Waals surface area contributed by atoms with Crippen LogP contribution in [0.4, 0.5) is 0 Å². The standard InChI is InChI=1S/C14H19Br2N3O/c15-10-6-11(16)13(18-8-10)12(19-17)9-2-5-20-14(7-9)3-1-4-14/h6,8-9,12,19H,1-5,7,17H2. The van der Waals surface area contributed by atoms with Gasteiger partial charge in [-0.3, -0.25) is 16.3 Å². The van der Waals surface area contributed by atoms with Gasteiger partial charge in [-0.25, -0.2) is 0 Å². The molecule has 4 nitrogen and oxygen atoms in total. The third-order valence-corrected chi connectivity index (χ3v) is 5.65. The molecule has 2 fully saturated rings. The molecule has 110 valence electrons. The monoisotopic (exact) mass is 403 g/mol. The van der Waals surface area contributed by atoms with Gasteiger partial charge >= 0.3 is 0 Å². The molecule has 1 aromatic heterocycles. The summed E-state index contributed by atoms with van der Waals surface area (Å²) in [5, 5.41) is 0. The Morgan fingerprint density at radius 3 is 2.85 bits per heavy atom. The summed E-state index contributed by atoms with van der Waals surface area (Å²) in [4.78, 5) is 4.54. The lowest BCUT2D eigenvalue weighted by Gasteiger charge is -2.48. The number of ether oxygens (including phenoxy) is 1. The quantitative estimate of drug-likeness (QED) is 0.598. The zero-order valence-corrected chi connectivity index (χ0v) is 14.4. The van der Waals surface area contributed by atoms with Crippen molar-refractivity contribution in [2.45, 2.75) is 43.7 Å². The molecule has 1 aliphatic carbocycles. The molecule has 1 spiro atoms. The third kappa shape index (κ3) is 2.81. The van der Waals surface area contributed by atoms with E-state index in [4.69, 9.17) is 10.6 Å². The lowest BCUT2D eigenvalue weighted by atomic mass is 9.70. The summed E-state index contributed by atoms with van der Waals surface area (Å²) in [6.45, 7) is 0.830. The van der Waals surface area contributed by atoms with Crippen LogP contribution in [-0.2, 0) is 4.74 Å². The highest BCUT2D eigenvalue weighted by atomic mass is 79.9. The second-order valence-electron chi connectivity index (χ2n) is 5.80. The third-order valence-electron chi connectivity index (χ3n) is 4.58. The lowest BCUT2D eigenvalue weighted by molar-refractivity contribution is -0.147. The van der Waals surface area contributed by atoms with Gasteiger partial charge in [0.05, 0.1) is 17.3 Å². The normalized spacial score (nSPS) is 26.2. The van der Waals surface area contributed by atoms with Gasteiger partial charge in [0.2, 0.25) is 0 Å². The number of nitrogens with one attached hydrogen (secondary N) is 1. The minimum atomic E-state index is 0.0684. The molecule has 0 aromatic carbocycles. The van der Waals surface area contributed by atoms with Crippen LogP contribution in [0.2, 0.25) is 0 Å². The fourth-order valence-electron chi connectivity index (χ4n) is 3.36. The van der Waals surface area contributed by atoms with E-state index in [-0.39, 0.29) is 11.6 Å². The maximum absolute atomic E-state index is 6.00. The largest absolute Gasteiger partial charge is 0.375 e. The molecule has 6 heteroatoms. The smallest absolute Gasteiger partial charge is 0.0732 e. The van der Waals surface area contributed by atoms with Gasteiger partial charge in [0, 0.05) is 21.7 Å². The summed E-state index contributed by atoms with van der Waals surface area (Å²) in [7, 11) is 0. The fraction of sp³-hybridized carbons (Fsp3) is 0.643. The Labute approximate surface area is 136 Å². The SMILES string of the molecule is NNC(c1ncc(Br)cc1Br)C1CCOC2(CCC2)C1. The van der Waals surface area contributed by atoms with Crippen LogP contribution < -0.4 is 11.3 Å². The average molecular weight is 405 g/mol. The zero-order chi connectivity index (χ0) is 14.2. The van der Waals surface area contributed by atoms with Crippen LogP contribution in [0.15, 0.2) is 21.2 Å². The predicted molar refractivity (Wildman–Crippen MR) is 85.0 cm³/mol. The second kappa shape index (κ2) is 6.01. The molecule has 0 radical (unpaired) electrons. The molecular weight excluding hydrogens is 386 g/mol. The molecule has 0 bridgehead atoms. The molecule has 3 N–H and O–H groups in total. The Kier molecular flexibility index (Phi) is 4.48. The Morgan fingerprint density at radius 2 is 2.25 bits per heavy atom. The Hall–Kier alpha value is -0.0100. The highest BCUT2D eigenvalue weighted by Crippen LogP contribution is 2.47. The molecule has 3 rings (SSSR count). The van der Waals surface area contributed by atoms with Crippen molar-refractivity contribution in [1.29, 1.82) is 0 Å². The summed E-state index contributed by atoms with van der Waals surface area (Å²) >= 11 is 7.03. The second-order valence-corrected chi connectivity index (χ2v) is 7.57. The first-order chi connectivity index (χ1) is 9.63. The topological polar surface area (TPSA) is 60.2 Å². The van der Waals surface area contributed by atoms with Crippen molar-refractivity contribution < 1.29 is 4.74 Å².